The number of alkyl halides is 6. The summed E-state index contributed by atoms with van der Waals surface area (Å²) in [5.74, 6) is 0.264. The molecule has 3 aromatic carbocycles. The average Bonchev–Trinajstić information content (AvgIpc) is 4.17. The van der Waals surface area contributed by atoms with E-state index in [2.05, 4.69) is 62.7 Å². The standard InChI is InChI=1S/C26H25F3N6O.C20H19BrF3N5O/c1-16-13-17(7-10-20(16)25(36)33-19-8-9-19)22-15-31-24-21(30-12-11-26(27,28)29)14-23(34-35(22)24)32-18-5-3-2-4-6-18;1-11-8-12(2-5-14(11)19(30)27-13-3-4-13)16-10-26-18-15(9-17(21)28-29(16)18)25-7-6-20(22,23)24/h2-7,10,13-15,19,30H,8-9,11-12H2,1H3,(H,32,34)(H,33,36);2,5,8-10,13,25H,3-4,6-7H2,1H3,(H,27,30). The van der Waals surface area contributed by atoms with Crippen molar-refractivity contribution in [2.75, 3.05) is 29.0 Å². The summed E-state index contributed by atoms with van der Waals surface area (Å²) in [6, 6.07) is 24.1. The van der Waals surface area contributed by atoms with E-state index in [9.17, 15) is 35.9 Å². The SMILES string of the molecule is Cc1cc(-c2cnc3c(NCCC(F)(F)F)cc(Br)nn23)ccc1C(=O)NC1CC1.Cc1cc(-c2cnc3c(NCCC(F)(F)F)cc(Nc4ccccc4)nn23)ccc1C(=O)NC1CC1. The molecule has 0 aliphatic heterocycles. The van der Waals surface area contributed by atoms with Crippen LogP contribution in [0, 0.1) is 13.8 Å². The Morgan fingerprint density at radius 2 is 1.12 bits per heavy atom. The number of aromatic nitrogens is 6. The molecule has 2 fully saturated rings. The summed E-state index contributed by atoms with van der Waals surface area (Å²) in [6.07, 6.45) is -3.13. The van der Waals surface area contributed by atoms with Crippen LogP contribution in [0.1, 0.15) is 70.4 Å². The third kappa shape index (κ3) is 11.6. The van der Waals surface area contributed by atoms with Crippen molar-refractivity contribution in [1.82, 2.24) is 39.8 Å². The van der Waals surface area contributed by atoms with Crippen LogP contribution >= 0.6 is 15.9 Å². The number of benzene rings is 3. The number of carbonyl (C=O) groups excluding carboxylic acids is 2. The maximum atomic E-state index is 12.8. The fraction of sp³-hybridized carbons (Fsp3) is 0.304. The number of nitrogens with one attached hydrogen (secondary N) is 5. The van der Waals surface area contributed by atoms with Crippen molar-refractivity contribution >= 4 is 61.9 Å². The Hall–Kier alpha value is -6.70. The predicted molar refractivity (Wildman–Crippen MR) is 243 cm³/mol. The van der Waals surface area contributed by atoms with E-state index in [0.717, 1.165) is 53.6 Å². The molecule has 13 nitrogen and oxygen atoms in total. The van der Waals surface area contributed by atoms with E-state index in [-0.39, 0.29) is 37.0 Å². The van der Waals surface area contributed by atoms with Gasteiger partial charge in [0, 0.05) is 59.2 Å². The van der Waals surface area contributed by atoms with Crippen LogP contribution in [0.3, 0.4) is 0 Å². The highest BCUT2D eigenvalue weighted by atomic mass is 79.9. The van der Waals surface area contributed by atoms with Gasteiger partial charge in [-0.25, -0.2) is 19.0 Å². The summed E-state index contributed by atoms with van der Waals surface area (Å²) in [4.78, 5) is 33.7. The van der Waals surface area contributed by atoms with Crippen LogP contribution in [-0.4, -0.2) is 78.5 Å². The molecule has 2 aliphatic carbocycles. The number of hydrogen-bond donors (Lipinski definition) is 5. The quantitative estimate of drug-likeness (QED) is 0.0670. The van der Waals surface area contributed by atoms with Crippen LogP contribution in [0.2, 0.25) is 0 Å². The van der Waals surface area contributed by atoms with Crippen molar-refractivity contribution in [3.63, 3.8) is 0 Å². The molecule has 0 bridgehead atoms. The molecular weight excluding hydrogens is 932 g/mol. The van der Waals surface area contributed by atoms with E-state index in [4.69, 9.17) is 0 Å². The number of carbonyl (C=O) groups is 2. The molecular formula is C46H44BrF6N11O2. The summed E-state index contributed by atoms with van der Waals surface area (Å²) in [5, 5.41) is 23.9. The fourth-order valence-electron chi connectivity index (χ4n) is 7.11. The molecule has 0 unspecified atom stereocenters. The van der Waals surface area contributed by atoms with Crippen LogP contribution in [-0.2, 0) is 0 Å². The molecule has 20 heteroatoms. The van der Waals surface area contributed by atoms with Crippen LogP contribution < -0.4 is 26.6 Å². The first-order valence-electron chi connectivity index (χ1n) is 21.2. The van der Waals surface area contributed by atoms with E-state index in [1.54, 1.807) is 45.7 Å². The minimum atomic E-state index is -4.27. The Kier molecular flexibility index (Phi) is 13.2. The van der Waals surface area contributed by atoms with Crippen molar-refractivity contribution in [2.45, 2.75) is 76.8 Å². The molecule has 2 aliphatic rings. The molecule has 5 N–H and O–H groups in total. The number of imidazole rings is 2. The largest absolute Gasteiger partial charge is 0.390 e. The smallest absolute Gasteiger partial charge is 0.382 e. The van der Waals surface area contributed by atoms with E-state index in [0.29, 0.717) is 55.6 Å². The van der Waals surface area contributed by atoms with Crippen molar-refractivity contribution in [3.05, 3.63) is 118 Å². The highest BCUT2D eigenvalue weighted by molar-refractivity contribution is 9.10. The van der Waals surface area contributed by atoms with E-state index >= 15 is 0 Å². The Morgan fingerprint density at radius 1 is 0.652 bits per heavy atom. The number of anilines is 4. The number of rotatable bonds is 14. The van der Waals surface area contributed by atoms with Crippen LogP contribution in [0.15, 0.2) is 95.9 Å². The van der Waals surface area contributed by atoms with Gasteiger partial charge in [0.15, 0.2) is 17.1 Å². The first-order chi connectivity index (χ1) is 31.5. The van der Waals surface area contributed by atoms with E-state index in [1.165, 1.54) is 0 Å². The van der Waals surface area contributed by atoms with Gasteiger partial charge in [-0.2, -0.15) is 31.4 Å². The van der Waals surface area contributed by atoms with Gasteiger partial charge in [-0.1, -0.05) is 30.3 Å². The molecule has 2 amide bonds. The summed E-state index contributed by atoms with van der Waals surface area (Å²) in [6.45, 7) is 3.18. The third-order valence-electron chi connectivity index (χ3n) is 10.8. The van der Waals surface area contributed by atoms with Gasteiger partial charge in [0.2, 0.25) is 0 Å². The van der Waals surface area contributed by atoms with Gasteiger partial charge < -0.3 is 26.6 Å². The molecule has 344 valence electrons. The number of halogens is 7. The number of hydrogen-bond acceptors (Lipinski definition) is 9. The zero-order valence-corrected chi connectivity index (χ0v) is 37.2. The second-order valence-electron chi connectivity index (χ2n) is 16.2. The Labute approximate surface area is 382 Å². The Bertz CT molecular complexity index is 2890. The van der Waals surface area contributed by atoms with Crippen LogP contribution in [0.5, 0.6) is 0 Å². The normalized spacial score (nSPS) is 13.8. The zero-order chi connectivity index (χ0) is 46.8. The van der Waals surface area contributed by atoms with Crippen molar-refractivity contribution in [3.8, 4) is 22.5 Å². The van der Waals surface area contributed by atoms with Crippen molar-refractivity contribution < 1.29 is 35.9 Å². The molecule has 2 saturated carbocycles. The molecule has 0 radical (unpaired) electrons. The van der Waals surface area contributed by atoms with Gasteiger partial charge in [0.25, 0.3) is 11.8 Å². The number of nitrogens with zero attached hydrogens (tertiary/aromatic N) is 6. The fourth-order valence-corrected chi connectivity index (χ4v) is 7.49. The van der Waals surface area contributed by atoms with Crippen LogP contribution in [0.4, 0.5) is 49.2 Å². The predicted octanol–water partition coefficient (Wildman–Crippen LogP) is 10.4. The van der Waals surface area contributed by atoms with Gasteiger partial charge in [0.05, 0.1) is 48.0 Å². The van der Waals surface area contributed by atoms with E-state index < -0.39 is 25.2 Å². The lowest BCUT2D eigenvalue weighted by molar-refractivity contribution is -0.132. The lowest BCUT2D eigenvalue weighted by Gasteiger charge is -2.13. The Morgan fingerprint density at radius 3 is 1.58 bits per heavy atom. The van der Waals surface area contributed by atoms with Crippen molar-refractivity contribution in [2.24, 2.45) is 0 Å². The number of para-hydroxylation sites is 1. The molecule has 0 saturated heterocycles. The monoisotopic (exact) mass is 975 g/mol. The van der Waals surface area contributed by atoms with Gasteiger partial charge in [-0.05, 0) is 109 Å². The molecule has 0 atom stereocenters. The molecule has 4 heterocycles. The molecule has 9 rings (SSSR count). The lowest BCUT2D eigenvalue weighted by atomic mass is 10.0. The van der Waals surface area contributed by atoms with Crippen LogP contribution in [0.25, 0.3) is 33.8 Å². The lowest BCUT2D eigenvalue weighted by Crippen LogP contribution is -2.26. The maximum Gasteiger partial charge on any atom is 0.390 e. The maximum absolute atomic E-state index is 12.8. The molecule has 0 spiro atoms. The summed E-state index contributed by atoms with van der Waals surface area (Å²) in [7, 11) is 0. The van der Waals surface area contributed by atoms with Gasteiger partial charge >= 0.3 is 12.4 Å². The third-order valence-corrected chi connectivity index (χ3v) is 11.1. The first kappa shape index (κ1) is 45.9. The minimum Gasteiger partial charge on any atom is -0.382 e. The summed E-state index contributed by atoms with van der Waals surface area (Å²) in [5.41, 5.74) is 8.24. The Balaban J connectivity index is 0.000000182. The second kappa shape index (κ2) is 19.0. The number of amides is 2. The molecule has 4 aromatic heterocycles. The van der Waals surface area contributed by atoms with Gasteiger partial charge in [-0.15, -0.1) is 5.10 Å². The number of aryl methyl sites for hydroxylation is 2. The number of fused-ring (bicyclic) bond motifs is 2. The van der Waals surface area contributed by atoms with Gasteiger partial charge in [0.1, 0.15) is 4.60 Å². The zero-order valence-electron chi connectivity index (χ0n) is 35.6. The van der Waals surface area contributed by atoms with E-state index in [1.807, 2.05) is 68.4 Å². The van der Waals surface area contributed by atoms with Crippen molar-refractivity contribution in [1.29, 1.82) is 0 Å². The topological polar surface area (TPSA) is 155 Å². The average molecular weight is 977 g/mol. The van der Waals surface area contributed by atoms with Gasteiger partial charge in [-0.3, -0.25) is 9.59 Å². The minimum absolute atomic E-state index is 0.0864. The second-order valence-corrected chi connectivity index (χ2v) is 17.0. The highest BCUT2D eigenvalue weighted by Crippen LogP contribution is 2.32. The first-order valence-corrected chi connectivity index (χ1v) is 22.0. The molecule has 66 heavy (non-hydrogen) atoms. The molecule has 7 aromatic rings. The highest BCUT2D eigenvalue weighted by Gasteiger charge is 2.29. The summed E-state index contributed by atoms with van der Waals surface area (Å²) >= 11 is 3.31. The summed E-state index contributed by atoms with van der Waals surface area (Å²) < 4.78 is 79.3.